The quantitative estimate of drug-likeness (QED) is 0.775. The summed E-state index contributed by atoms with van der Waals surface area (Å²) in [6.07, 6.45) is 3.13. The molecule has 5 nitrogen and oxygen atoms in total. The summed E-state index contributed by atoms with van der Waals surface area (Å²) in [5.41, 5.74) is 0.364. The zero-order valence-electron chi connectivity index (χ0n) is 11.9. The van der Waals surface area contributed by atoms with E-state index in [0.717, 1.165) is 25.9 Å². The highest BCUT2D eigenvalue weighted by Gasteiger charge is 2.19. The Kier molecular flexibility index (Phi) is 5.24. The second-order valence-corrected chi connectivity index (χ2v) is 4.65. The van der Waals surface area contributed by atoms with E-state index in [4.69, 9.17) is 18.9 Å². The Balaban J connectivity index is 2.00. The van der Waals surface area contributed by atoms with Crippen molar-refractivity contribution < 1.29 is 23.7 Å². The lowest BCUT2D eigenvalue weighted by Crippen LogP contribution is -2.26. The van der Waals surface area contributed by atoms with E-state index >= 15 is 0 Å². The van der Waals surface area contributed by atoms with Gasteiger partial charge in [-0.1, -0.05) is 0 Å². The van der Waals surface area contributed by atoms with E-state index in [-0.39, 0.29) is 12.7 Å². The summed E-state index contributed by atoms with van der Waals surface area (Å²) in [5.74, 6) is 0.641. The number of carbonyl (C=O) groups is 1. The molecule has 0 radical (unpaired) electrons. The lowest BCUT2D eigenvalue weighted by Gasteiger charge is -2.22. The highest BCUT2D eigenvalue weighted by Crippen LogP contribution is 2.25. The third kappa shape index (κ3) is 3.63. The molecule has 1 fully saturated rings. The minimum Gasteiger partial charge on any atom is -0.497 e. The van der Waals surface area contributed by atoms with Gasteiger partial charge < -0.3 is 18.9 Å². The Morgan fingerprint density at radius 3 is 2.80 bits per heavy atom. The molecule has 0 aromatic heterocycles. The van der Waals surface area contributed by atoms with E-state index in [0.29, 0.717) is 17.1 Å². The van der Waals surface area contributed by atoms with Crippen molar-refractivity contribution in [2.45, 2.75) is 25.4 Å². The Morgan fingerprint density at radius 1 is 1.30 bits per heavy atom. The van der Waals surface area contributed by atoms with E-state index in [1.807, 2.05) is 0 Å². The van der Waals surface area contributed by atoms with E-state index in [1.165, 1.54) is 7.11 Å². The van der Waals surface area contributed by atoms with Crippen LogP contribution in [-0.2, 0) is 9.47 Å². The maximum absolute atomic E-state index is 12.1. The van der Waals surface area contributed by atoms with Crippen LogP contribution in [-0.4, -0.2) is 39.5 Å². The van der Waals surface area contributed by atoms with Gasteiger partial charge in [0.05, 0.1) is 20.3 Å². The first-order valence-electron chi connectivity index (χ1n) is 6.75. The van der Waals surface area contributed by atoms with Crippen molar-refractivity contribution in [2.24, 2.45) is 0 Å². The summed E-state index contributed by atoms with van der Waals surface area (Å²) in [4.78, 5) is 12.1. The van der Waals surface area contributed by atoms with Gasteiger partial charge in [-0.15, -0.1) is 0 Å². The lowest BCUT2D eigenvalue weighted by molar-refractivity contribution is -0.0301. The molecule has 110 valence electrons. The van der Waals surface area contributed by atoms with Crippen molar-refractivity contribution in [1.29, 1.82) is 0 Å². The van der Waals surface area contributed by atoms with E-state index < -0.39 is 5.97 Å². The molecular weight excluding hydrogens is 260 g/mol. The van der Waals surface area contributed by atoms with Crippen molar-refractivity contribution in [3.05, 3.63) is 23.8 Å². The van der Waals surface area contributed by atoms with Gasteiger partial charge >= 0.3 is 5.97 Å². The van der Waals surface area contributed by atoms with Crippen LogP contribution < -0.4 is 9.47 Å². The summed E-state index contributed by atoms with van der Waals surface area (Å²) >= 11 is 0. The summed E-state index contributed by atoms with van der Waals surface area (Å²) in [6, 6.07) is 5.04. The predicted octanol–water partition coefficient (Wildman–Crippen LogP) is 2.43. The minimum atomic E-state index is -0.421. The Morgan fingerprint density at radius 2 is 2.15 bits per heavy atom. The first-order valence-corrected chi connectivity index (χ1v) is 6.75. The van der Waals surface area contributed by atoms with Gasteiger partial charge in [0, 0.05) is 6.61 Å². The Bertz CT molecular complexity index is 452. The Labute approximate surface area is 118 Å². The van der Waals surface area contributed by atoms with Crippen LogP contribution in [0.4, 0.5) is 0 Å². The molecule has 1 aliphatic rings. The lowest BCUT2D eigenvalue weighted by atomic mass is 10.1. The summed E-state index contributed by atoms with van der Waals surface area (Å²) in [5, 5.41) is 0. The number of benzene rings is 1. The molecule has 0 amide bonds. The van der Waals surface area contributed by atoms with Crippen LogP contribution in [0.1, 0.15) is 29.6 Å². The highest BCUT2D eigenvalue weighted by molar-refractivity contribution is 5.93. The average Bonchev–Trinajstić information content (AvgIpc) is 2.52. The second kappa shape index (κ2) is 7.14. The fourth-order valence-corrected chi connectivity index (χ4v) is 2.16. The molecule has 20 heavy (non-hydrogen) atoms. The molecule has 1 atom stereocenters. The average molecular weight is 280 g/mol. The SMILES string of the molecule is COc1ccc(OC)c(C(=O)OCC2CCCCO2)c1. The third-order valence-electron chi connectivity index (χ3n) is 3.30. The largest absolute Gasteiger partial charge is 0.497 e. The molecule has 0 aliphatic carbocycles. The zero-order chi connectivity index (χ0) is 14.4. The fourth-order valence-electron chi connectivity index (χ4n) is 2.16. The standard InChI is InChI=1S/C15H20O5/c1-17-11-6-7-14(18-2)13(9-11)15(16)20-10-12-5-3-4-8-19-12/h6-7,9,12H,3-5,8,10H2,1-2H3. The number of esters is 1. The van der Waals surface area contributed by atoms with Crippen LogP contribution in [0.2, 0.25) is 0 Å². The van der Waals surface area contributed by atoms with Gasteiger partial charge in [-0.2, -0.15) is 0 Å². The summed E-state index contributed by atoms with van der Waals surface area (Å²) < 4.78 is 21.1. The first kappa shape index (κ1) is 14.7. The molecule has 1 aromatic rings. The van der Waals surface area contributed by atoms with Gasteiger partial charge in [0.2, 0.25) is 0 Å². The van der Waals surface area contributed by atoms with Crippen molar-refractivity contribution in [2.75, 3.05) is 27.4 Å². The molecule has 0 spiro atoms. The molecule has 5 heteroatoms. The first-order chi connectivity index (χ1) is 9.74. The van der Waals surface area contributed by atoms with Gasteiger partial charge in [-0.3, -0.25) is 0 Å². The van der Waals surface area contributed by atoms with Gasteiger partial charge in [0.15, 0.2) is 0 Å². The van der Waals surface area contributed by atoms with Crippen molar-refractivity contribution in [1.82, 2.24) is 0 Å². The molecule has 2 rings (SSSR count). The van der Waals surface area contributed by atoms with Crippen LogP contribution in [0.3, 0.4) is 0 Å². The molecular formula is C15H20O5. The van der Waals surface area contributed by atoms with Crippen molar-refractivity contribution >= 4 is 5.97 Å². The molecule has 1 aromatic carbocycles. The van der Waals surface area contributed by atoms with Crippen LogP contribution >= 0.6 is 0 Å². The minimum absolute atomic E-state index is 0.00398. The zero-order valence-corrected chi connectivity index (χ0v) is 11.9. The van der Waals surface area contributed by atoms with E-state index in [9.17, 15) is 4.79 Å². The van der Waals surface area contributed by atoms with Gasteiger partial charge in [-0.25, -0.2) is 4.79 Å². The van der Waals surface area contributed by atoms with E-state index in [2.05, 4.69) is 0 Å². The second-order valence-electron chi connectivity index (χ2n) is 4.65. The molecule has 0 N–H and O–H groups in total. The van der Waals surface area contributed by atoms with Crippen LogP contribution in [0.15, 0.2) is 18.2 Å². The third-order valence-corrected chi connectivity index (χ3v) is 3.30. The molecule has 1 aliphatic heterocycles. The van der Waals surface area contributed by atoms with Crippen molar-refractivity contribution in [3.8, 4) is 11.5 Å². The van der Waals surface area contributed by atoms with Crippen LogP contribution in [0, 0.1) is 0 Å². The number of ether oxygens (including phenoxy) is 4. The summed E-state index contributed by atoms with van der Waals surface area (Å²) in [6.45, 7) is 1.02. The number of methoxy groups -OCH3 is 2. The maximum atomic E-state index is 12.1. The smallest absolute Gasteiger partial charge is 0.342 e. The maximum Gasteiger partial charge on any atom is 0.342 e. The number of rotatable bonds is 5. The normalized spacial score (nSPS) is 18.4. The molecule has 1 saturated heterocycles. The molecule has 0 bridgehead atoms. The van der Waals surface area contributed by atoms with Crippen LogP contribution in [0.25, 0.3) is 0 Å². The van der Waals surface area contributed by atoms with Gasteiger partial charge in [-0.05, 0) is 37.5 Å². The highest BCUT2D eigenvalue weighted by atomic mass is 16.6. The summed E-state index contributed by atoms with van der Waals surface area (Å²) in [7, 11) is 3.07. The Hall–Kier alpha value is -1.75. The number of carbonyl (C=O) groups excluding carboxylic acids is 1. The molecule has 0 saturated carbocycles. The number of hydrogen-bond donors (Lipinski definition) is 0. The molecule has 1 unspecified atom stereocenters. The van der Waals surface area contributed by atoms with Crippen molar-refractivity contribution in [3.63, 3.8) is 0 Å². The molecule has 1 heterocycles. The monoisotopic (exact) mass is 280 g/mol. The number of hydrogen-bond acceptors (Lipinski definition) is 5. The topological polar surface area (TPSA) is 54.0 Å². The predicted molar refractivity (Wildman–Crippen MR) is 73.4 cm³/mol. The van der Waals surface area contributed by atoms with Crippen LogP contribution in [0.5, 0.6) is 11.5 Å². The van der Waals surface area contributed by atoms with Gasteiger partial charge in [0.1, 0.15) is 23.7 Å². The van der Waals surface area contributed by atoms with E-state index in [1.54, 1.807) is 25.3 Å². The van der Waals surface area contributed by atoms with Gasteiger partial charge in [0.25, 0.3) is 0 Å². The fraction of sp³-hybridized carbons (Fsp3) is 0.533.